The first kappa shape index (κ1) is 16.9. The molecule has 27 heavy (non-hydrogen) atoms. The van der Waals surface area contributed by atoms with Crippen molar-refractivity contribution in [3.63, 3.8) is 0 Å². The predicted molar refractivity (Wildman–Crippen MR) is 104 cm³/mol. The van der Waals surface area contributed by atoms with E-state index in [9.17, 15) is 4.79 Å². The van der Waals surface area contributed by atoms with Crippen LogP contribution in [0, 0.1) is 11.8 Å². The third-order valence-electron chi connectivity index (χ3n) is 4.44. The Morgan fingerprint density at radius 2 is 1.89 bits per heavy atom. The summed E-state index contributed by atoms with van der Waals surface area (Å²) >= 11 is 0. The van der Waals surface area contributed by atoms with Crippen LogP contribution in [0.15, 0.2) is 77.7 Å². The third kappa shape index (κ3) is 3.99. The number of carbonyl (C=O) groups excluding carboxylic acids is 1. The molecule has 0 aliphatic carbocycles. The number of hydrogen-bond acceptors (Lipinski definition) is 3. The second-order valence-corrected chi connectivity index (χ2v) is 6.30. The fraction of sp³-hybridized carbons (Fsp3) is 0.130. The van der Waals surface area contributed by atoms with Gasteiger partial charge in [-0.15, -0.1) is 0 Å². The predicted octanol–water partition coefficient (Wildman–Crippen LogP) is 4.00. The van der Waals surface area contributed by atoms with Crippen LogP contribution in [-0.2, 0) is 0 Å². The molecule has 1 aliphatic rings. The Labute approximate surface area is 158 Å². The molecule has 0 bridgehead atoms. The lowest BCUT2D eigenvalue weighted by molar-refractivity contribution is 0.0774. The van der Waals surface area contributed by atoms with E-state index in [2.05, 4.69) is 22.9 Å². The molecule has 0 fully saturated rings. The van der Waals surface area contributed by atoms with Gasteiger partial charge in [-0.2, -0.15) is 0 Å². The minimum atomic E-state index is -0.0360. The molecule has 132 valence electrons. The number of hydrogen-bond donors (Lipinski definition) is 0. The molecule has 0 saturated heterocycles. The number of furan rings is 1. The van der Waals surface area contributed by atoms with Gasteiger partial charge in [0.25, 0.3) is 5.91 Å². The molecule has 0 spiro atoms. The first-order valence-corrected chi connectivity index (χ1v) is 8.84. The van der Waals surface area contributed by atoms with Crippen molar-refractivity contribution >= 4 is 11.5 Å². The number of amides is 1. The minimum absolute atomic E-state index is 0.0360. The van der Waals surface area contributed by atoms with E-state index in [4.69, 9.17) is 4.42 Å². The summed E-state index contributed by atoms with van der Waals surface area (Å²) < 4.78 is 5.47. The van der Waals surface area contributed by atoms with Gasteiger partial charge in [-0.3, -0.25) is 9.78 Å². The summed E-state index contributed by atoms with van der Waals surface area (Å²) in [6.07, 6.45) is 8.05. The monoisotopic (exact) mass is 354 g/mol. The van der Waals surface area contributed by atoms with Crippen LogP contribution in [0.5, 0.6) is 0 Å². The van der Waals surface area contributed by atoms with Gasteiger partial charge < -0.3 is 9.32 Å². The second kappa shape index (κ2) is 7.76. The molecule has 0 radical (unpaired) electrons. The largest absolute Gasteiger partial charge is 0.455 e. The average Bonchev–Trinajstić information content (AvgIpc) is 3.22. The molecule has 1 aliphatic heterocycles. The highest BCUT2D eigenvalue weighted by Gasteiger charge is 2.21. The van der Waals surface area contributed by atoms with E-state index in [1.54, 1.807) is 18.5 Å². The summed E-state index contributed by atoms with van der Waals surface area (Å²) in [6.45, 7) is 1.28. The van der Waals surface area contributed by atoms with Crippen molar-refractivity contribution in [2.24, 2.45) is 0 Å². The molecule has 4 rings (SSSR count). The molecule has 0 atom stereocenters. The normalized spacial score (nSPS) is 13.5. The quantitative estimate of drug-likeness (QED) is 0.654. The van der Waals surface area contributed by atoms with Crippen LogP contribution >= 0.6 is 0 Å². The summed E-state index contributed by atoms with van der Waals surface area (Å²) in [5.74, 6) is 6.46. The van der Waals surface area contributed by atoms with E-state index in [1.165, 1.54) is 6.26 Å². The Balaban J connectivity index is 1.47. The molecule has 4 heteroatoms. The SMILES string of the molecule is O=C(c1coc(C#Cc2ccccc2)c1)N1CCC=C(c2ccncc2)C1. The van der Waals surface area contributed by atoms with E-state index in [-0.39, 0.29) is 5.91 Å². The van der Waals surface area contributed by atoms with E-state index < -0.39 is 0 Å². The van der Waals surface area contributed by atoms with Gasteiger partial charge in [0, 0.05) is 37.1 Å². The summed E-state index contributed by atoms with van der Waals surface area (Å²) in [6, 6.07) is 15.3. The van der Waals surface area contributed by atoms with E-state index in [1.807, 2.05) is 47.4 Å². The lowest BCUT2D eigenvalue weighted by atomic mass is 10.0. The first-order valence-electron chi connectivity index (χ1n) is 8.84. The second-order valence-electron chi connectivity index (χ2n) is 6.30. The standard InChI is InChI=1S/C23H18N2O2/c26-23(25-14-4-7-20(16-25)19-10-12-24-13-11-19)21-15-22(27-17-21)9-8-18-5-2-1-3-6-18/h1-3,5-7,10-13,15,17H,4,14,16H2. The molecule has 4 nitrogen and oxygen atoms in total. The van der Waals surface area contributed by atoms with E-state index in [0.29, 0.717) is 24.4 Å². The van der Waals surface area contributed by atoms with Gasteiger partial charge in [0.2, 0.25) is 0 Å². The summed E-state index contributed by atoms with van der Waals surface area (Å²) in [7, 11) is 0. The zero-order valence-corrected chi connectivity index (χ0v) is 14.8. The summed E-state index contributed by atoms with van der Waals surface area (Å²) in [5, 5.41) is 0. The molecule has 1 amide bonds. The fourth-order valence-corrected chi connectivity index (χ4v) is 3.04. The lowest BCUT2D eigenvalue weighted by Crippen LogP contribution is -2.35. The summed E-state index contributed by atoms with van der Waals surface area (Å²) in [4.78, 5) is 18.7. The van der Waals surface area contributed by atoms with Crippen molar-refractivity contribution in [1.29, 1.82) is 0 Å². The molecule has 0 unspecified atom stereocenters. The van der Waals surface area contributed by atoms with Crippen molar-refractivity contribution in [3.8, 4) is 11.8 Å². The smallest absolute Gasteiger partial charge is 0.257 e. The fourth-order valence-electron chi connectivity index (χ4n) is 3.04. The third-order valence-corrected chi connectivity index (χ3v) is 4.44. The Morgan fingerprint density at radius 1 is 1.07 bits per heavy atom. The Morgan fingerprint density at radius 3 is 2.70 bits per heavy atom. The zero-order valence-electron chi connectivity index (χ0n) is 14.8. The van der Waals surface area contributed by atoms with Gasteiger partial charge in [-0.1, -0.05) is 30.2 Å². The highest BCUT2D eigenvalue weighted by atomic mass is 16.3. The van der Waals surface area contributed by atoms with E-state index in [0.717, 1.165) is 23.1 Å². The van der Waals surface area contributed by atoms with Crippen LogP contribution in [0.1, 0.15) is 33.7 Å². The number of carbonyl (C=O) groups is 1. The highest BCUT2D eigenvalue weighted by molar-refractivity contribution is 5.95. The Kier molecular flexibility index (Phi) is 4.84. The molecule has 3 heterocycles. The van der Waals surface area contributed by atoms with Crippen molar-refractivity contribution < 1.29 is 9.21 Å². The van der Waals surface area contributed by atoms with Crippen molar-refractivity contribution in [3.05, 3.63) is 95.7 Å². The molecule has 2 aromatic heterocycles. The maximum Gasteiger partial charge on any atom is 0.257 e. The first-order chi connectivity index (χ1) is 13.3. The van der Waals surface area contributed by atoms with Crippen molar-refractivity contribution in [2.75, 3.05) is 13.1 Å². The Hall–Kier alpha value is -3.58. The van der Waals surface area contributed by atoms with Gasteiger partial charge in [0.15, 0.2) is 5.76 Å². The topological polar surface area (TPSA) is 46.3 Å². The molecular formula is C23H18N2O2. The summed E-state index contributed by atoms with van der Waals surface area (Å²) in [5.41, 5.74) is 3.68. The van der Waals surface area contributed by atoms with E-state index >= 15 is 0 Å². The molecular weight excluding hydrogens is 336 g/mol. The van der Waals surface area contributed by atoms with Gasteiger partial charge >= 0.3 is 0 Å². The number of rotatable bonds is 2. The number of pyridine rings is 1. The van der Waals surface area contributed by atoms with Crippen LogP contribution in [0.3, 0.4) is 0 Å². The van der Waals surface area contributed by atoms with Crippen molar-refractivity contribution in [1.82, 2.24) is 9.88 Å². The average molecular weight is 354 g/mol. The maximum atomic E-state index is 12.8. The van der Waals surface area contributed by atoms with Gasteiger partial charge in [0.1, 0.15) is 6.26 Å². The highest BCUT2D eigenvalue weighted by Crippen LogP contribution is 2.22. The maximum absolute atomic E-state index is 12.8. The lowest BCUT2D eigenvalue weighted by Gasteiger charge is -2.27. The minimum Gasteiger partial charge on any atom is -0.455 e. The van der Waals surface area contributed by atoms with Crippen LogP contribution in [0.25, 0.3) is 5.57 Å². The molecule has 0 N–H and O–H groups in total. The van der Waals surface area contributed by atoms with Crippen molar-refractivity contribution in [2.45, 2.75) is 6.42 Å². The van der Waals surface area contributed by atoms with Crippen LogP contribution < -0.4 is 0 Å². The zero-order chi connectivity index (χ0) is 18.5. The van der Waals surface area contributed by atoms with Crippen LogP contribution in [0.2, 0.25) is 0 Å². The molecule has 1 aromatic carbocycles. The van der Waals surface area contributed by atoms with Crippen LogP contribution in [0.4, 0.5) is 0 Å². The molecule has 3 aromatic rings. The van der Waals surface area contributed by atoms with Crippen LogP contribution in [-0.4, -0.2) is 28.9 Å². The number of aromatic nitrogens is 1. The molecule has 0 saturated carbocycles. The number of nitrogens with zero attached hydrogens (tertiary/aromatic N) is 2. The van der Waals surface area contributed by atoms with Gasteiger partial charge in [0.05, 0.1) is 5.56 Å². The Bertz CT molecular complexity index is 1020. The van der Waals surface area contributed by atoms with Gasteiger partial charge in [-0.25, -0.2) is 0 Å². The number of benzene rings is 1. The van der Waals surface area contributed by atoms with Gasteiger partial charge in [-0.05, 0) is 47.7 Å².